The third-order valence-electron chi connectivity index (χ3n) is 4.67. The number of halogens is 1. The summed E-state index contributed by atoms with van der Waals surface area (Å²) in [6.45, 7) is 6.66. The number of hydrogen-bond donors (Lipinski definition) is 0. The van der Waals surface area contributed by atoms with Crippen LogP contribution in [0.25, 0.3) is 0 Å². The van der Waals surface area contributed by atoms with E-state index in [-0.39, 0.29) is 5.91 Å². The van der Waals surface area contributed by atoms with Crippen molar-refractivity contribution in [2.75, 3.05) is 22.9 Å². The Morgan fingerprint density at radius 1 is 0.929 bits per heavy atom. The molecule has 0 N–H and O–H groups in total. The molecule has 0 aliphatic heterocycles. The van der Waals surface area contributed by atoms with Crippen LogP contribution in [-0.2, 0) is 6.54 Å². The van der Waals surface area contributed by atoms with Crippen LogP contribution >= 0.6 is 11.6 Å². The van der Waals surface area contributed by atoms with Gasteiger partial charge in [0.2, 0.25) is 0 Å². The number of benzene rings is 2. The van der Waals surface area contributed by atoms with Crippen LogP contribution in [0.4, 0.5) is 11.5 Å². The van der Waals surface area contributed by atoms with E-state index in [1.165, 1.54) is 5.69 Å². The zero-order chi connectivity index (χ0) is 19.9. The van der Waals surface area contributed by atoms with Crippen molar-refractivity contribution in [1.29, 1.82) is 0 Å². The van der Waals surface area contributed by atoms with Gasteiger partial charge in [-0.15, -0.1) is 0 Å². The number of carbonyl (C=O) groups is 1. The molecule has 2 aromatic carbocycles. The van der Waals surface area contributed by atoms with Gasteiger partial charge in [0.05, 0.1) is 6.54 Å². The molecule has 0 saturated carbocycles. The van der Waals surface area contributed by atoms with Gasteiger partial charge in [-0.3, -0.25) is 9.69 Å². The van der Waals surface area contributed by atoms with Crippen LogP contribution in [0.5, 0.6) is 0 Å². The predicted octanol–water partition coefficient (Wildman–Crippen LogP) is 5.43. The van der Waals surface area contributed by atoms with Crippen LogP contribution in [-0.4, -0.2) is 24.0 Å². The van der Waals surface area contributed by atoms with Crippen molar-refractivity contribution in [2.45, 2.75) is 20.4 Å². The second-order valence-electron chi connectivity index (χ2n) is 6.42. The van der Waals surface area contributed by atoms with Gasteiger partial charge in [-0.05, 0) is 67.9 Å². The van der Waals surface area contributed by atoms with E-state index in [1.54, 1.807) is 35.4 Å². The first kappa shape index (κ1) is 19.9. The molecule has 0 bridgehead atoms. The third kappa shape index (κ3) is 4.70. The lowest BCUT2D eigenvalue weighted by Gasteiger charge is -2.24. The van der Waals surface area contributed by atoms with Crippen LogP contribution in [0, 0.1) is 0 Å². The molecule has 3 rings (SSSR count). The number of amides is 1. The fourth-order valence-corrected chi connectivity index (χ4v) is 3.23. The summed E-state index contributed by atoms with van der Waals surface area (Å²) in [6, 6.07) is 20.8. The van der Waals surface area contributed by atoms with E-state index in [0.29, 0.717) is 22.9 Å². The average molecular weight is 394 g/mol. The van der Waals surface area contributed by atoms with E-state index in [1.807, 2.05) is 18.2 Å². The van der Waals surface area contributed by atoms with Crippen molar-refractivity contribution < 1.29 is 4.79 Å². The molecule has 1 heterocycles. The fraction of sp³-hybridized carbons (Fsp3) is 0.217. The Kier molecular flexibility index (Phi) is 6.66. The molecule has 0 radical (unpaired) electrons. The monoisotopic (exact) mass is 393 g/mol. The van der Waals surface area contributed by atoms with E-state index >= 15 is 0 Å². The smallest absolute Gasteiger partial charge is 0.259 e. The van der Waals surface area contributed by atoms with Gasteiger partial charge in [-0.25, -0.2) is 4.98 Å². The highest BCUT2D eigenvalue weighted by Gasteiger charge is 2.19. The molecule has 144 valence electrons. The van der Waals surface area contributed by atoms with Crippen LogP contribution in [0.3, 0.4) is 0 Å². The molecule has 1 amide bonds. The van der Waals surface area contributed by atoms with Crippen molar-refractivity contribution in [3.63, 3.8) is 0 Å². The average Bonchev–Trinajstić information content (AvgIpc) is 2.74. The maximum atomic E-state index is 13.2. The molecule has 0 aliphatic carbocycles. The van der Waals surface area contributed by atoms with Crippen LogP contribution in [0.2, 0.25) is 5.02 Å². The van der Waals surface area contributed by atoms with Gasteiger partial charge in [-0.1, -0.05) is 29.8 Å². The summed E-state index contributed by atoms with van der Waals surface area (Å²) >= 11 is 5.97. The molecule has 28 heavy (non-hydrogen) atoms. The third-order valence-corrected chi connectivity index (χ3v) is 4.92. The van der Waals surface area contributed by atoms with Gasteiger partial charge in [0.25, 0.3) is 5.91 Å². The van der Waals surface area contributed by atoms with Gasteiger partial charge in [0.15, 0.2) is 0 Å². The Labute approximate surface area is 171 Å². The fourth-order valence-electron chi connectivity index (χ4n) is 3.10. The van der Waals surface area contributed by atoms with E-state index in [4.69, 9.17) is 11.6 Å². The minimum absolute atomic E-state index is 0.108. The Bertz CT molecular complexity index is 891. The molecule has 4 nitrogen and oxygen atoms in total. The molecule has 0 saturated heterocycles. The second-order valence-corrected chi connectivity index (χ2v) is 6.86. The largest absolute Gasteiger partial charge is 0.372 e. The zero-order valence-electron chi connectivity index (χ0n) is 16.2. The second kappa shape index (κ2) is 9.38. The van der Waals surface area contributed by atoms with E-state index in [2.05, 4.69) is 48.0 Å². The molecule has 0 spiro atoms. The lowest BCUT2D eigenvalue weighted by atomic mass is 10.1. The Morgan fingerprint density at radius 2 is 1.61 bits per heavy atom. The number of anilines is 2. The van der Waals surface area contributed by atoms with Crippen molar-refractivity contribution in [3.05, 3.63) is 89.1 Å². The van der Waals surface area contributed by atoms with Crippen LogP contribution in [0.1, 0.15) is 29.8 Å². The summed E-state index contributed by atoms with van der Waals surface area (Å²) < 4.78 is 0. The SMILES string of the molecule is CCN(CC)c1ccc(CN(C(=O)c2ccc(Cl)cc2)c2ccccn2)cc1. The highest BCUT2D eigenvalue weighted by Crippen LogP contribution is 2.21. The summed E-state index contributed by atoms with van der Waals surface area (Å²) in [5.41, 5.74) is 2.81. The molecule has 3 aromatic rings. The summed E-state index contributed by atoms with van der Waals surface area (Å²) in [4.78, 5) is 21.5. The normalized spacial score (nSPS) is 10.5. The maximum absolute atomic E-state index is 13.2. The molecule has 5 heteroatoms. The molecule has 0 fully saturated rings. The minimum atomic E-state index is -0.108. The number of nitrogens with zero attached hydrogens (tertiary/aromatic N) is 3. The topological polar surface area (TPSA) is 36.4 Å². The first-order chi connectivity index (χ1) is 13.6. The number of aromatic nitrogens is 1. The van der Waals surface area contributed by atoms with Crippen LogP contribution in [0.15, 0.2) is 72.9 Å². The lowest BCUT2D eigenvalue weighted by molar-refractivity contribution is 0.0984. The van der Waals surface area contributed by atoms with Gasteiger partial charge in [0.1, 0.15) is 5.82 Å². The van der Waals surface area contributed by atoms with Gasteiger partial charge >= 0.3 is 0 Å². The quantitative estimate of drug-likeness (QED) is 0.537. The summed E-state index contributed by atoms with van der Waals surface area (Å²) in [7, 11) is 0. The Balaban J connectivity index is 1.88. The number of rotatable bonds is 7. The van der Waals surface area contributed by atoms with E-state index < -0.39 is 0 Å². The molecule has 0 atom stereocenters. The maximum Gasteiger partial charge on any atom is 0.259 e. The lowest BCUT2D eigenvalue weighted by Crippen LogP contribution is -2.31. The number of carbonyl (C=O) groups excluding carboxylic acids is 1. The van der Waals surface area contributed by atoms with Crippen molar-refractivity contribution in [1.82, 2.24) is 4.98 Å². The molecule has 0 aliphatic rings. The van der Waals surface area contributed by atoms with E-state index in [9.17, 15) is 4.79 Å². The highest BCUT2D eigenvalue weighted by atomic mass is 35.5. The van der Waals surface area contributed by atoms with Crippen molar-refractivity contribution in [3.8, 4) is 0 Å². The number of pyridine rings is 1. The molecule has 0 unspecified atom stereocenters. The molecular weight excluding hydrogens is 370 g/mol. The first-order valence-corrected chi connectivity index (χ1v) is 9.82. The summed E-state index contributed by atoms with van der Waals surface area (Å²) in [5.74, 6) is 0.512. The number of hydrogen-bond acceptors (Lipinski definition) is 3. The summed E-state index contributed by atoms with van der Waals surface area (Å²) in [5, 5.41) is 0.605. The van der Waals surface area contributed by atoms with Gasteiger partial charge < -0.3 is 4.90 Å². The minimum Gasteiger partial charge on any atom is -0.372 e. The predicted molar refractivity (Wildman–Crippen MR) is 116 cm³/mol. The van der Waals surface area contributed by atoms with Gasteiger partial charge in [0, 0.05) is 35.6 Å². The van der Waals surface area contributed by atoms with Crippen LogP contribution < -0.4 is 9.80 Å². The molecular formula is C23H24ClN3O. The molecule has 1 aromatic heterocycles. The Hall–Kier alpha value is -2.85. The van der Waals surface area contributed by atoms with Crippen molar-refractivity contribution in [2.24, 2.45) is 0 Å². The Morgan fingerprint density at radius 3 is 2.18 bits per heavy atom. The van der Waals surface area contributed by atoms with E-state index in [0.717, 1.165) is 18.7 Å². The first-order valence-electron chi connectivity index (χ1n) is 9.44. The zero-order valence-corrected chi connectivity index (χ0v) is 16.9. The standard InChI is InChI=1S/C23H24ClN3O/c1-3-26(4-2)21-14-8-18(9-15-21)17-27(22-7-5-6-16-25-22)23(28)19-10-12-20(24)13-11-19/h5-16H,3-4,17H2,1-2H3. The van der Waals surface area contributed by atoms with Crippen molar-refractivity contribution >= 4 is 29.0 Å². The van der Waals surface area contributed by atoms with Gasteiger partial charge in [-0.2, -0.15) is 0 Å². The highest BCUT2D eigenvalue weighted by molar-refractivity contribution is 6.30. The summed E-state index contributed by atoms with van der Waals surface area (Å²) in [6.07, 6.45) is 1.70.